The van der Waals surface area contributed by atoms with Crippen molar-refractivity contribution in [2.45, 2.75) is 32.4 Å². The van der Waals surface area contributed by atoms with Crippen molar-refractivity contribution in [3.05, 3.63) is 94.5 Å². The molecule has 6 nitrogen and oxygen atoms in total. The Labute approximate surface area is 209 Å². The van der Waals surface area contributed by atoms with Crippen molar-refractivity contribution < 1.29 is 9.32 Å². The number of nitrogens with one attached hydrogen (secondary N) is 1. The summed E-state index contributed by atoms with van der Waals surface area (Å²) in [5.74, 6) is 0.211. The molecule has 1 unspecified atom stereocenters. The Kier molecular flexibility index (Phi) is 6.30. The Hall–Kier alpha value is -4.02. The summed E-state index contributed by atoms with van der Waals surface area (Å²) in [6.07, 6.45) is 2.71. The van der Waals surface area contributed by atoms with Gasteiger partial charge in [0.15, 0.2) is 5.76 Å². The van der Waals surface area contributed by atoms with Gasteiger partial charge in [-0.25, -0.2) is 0 Å². The molecule has 7 heteroatoms. The number of rotatable bonds is 6. The molecule has 35 heavy (non-hydrogen) atoms. The quantitative estimate of drug-likeness (QED) is 0.324. The summed E-state index contributed by atoms with van der Waals surface area (Å²) < 4.78 is 5.66. The molecular formula is C28H24N4O2S. The van der Waals surface area contributed by atoms with Gasteiger partial charge in [-0.05, 0) is 48.2 Å². The van der Waals surface area contributed by atoms with Crippen LogP contribution in [0.1, 0.15) is 37.1 Å². The molecule has 0 saturated heterocycles. The third kappa shape index (κ3) is 4.29. The molecule has 0 fully saturated rings. The minimum atomic E-state index is -0.559. The number of benzene rings is 3. The largest absolute Gasteiger partial charge is 0.355 e. The first kappa shape index (κ1) is 22.8. The lowest BCUT2D eigenvalue weighted by atomic mass is 10.0. The SMILES string of the molecule is CCCCc1ccc(N2C(S)=C(C#N)C(=O)NC2c2ccc3noc(-c4ccccc4)c3c2)cc1. The van der Waals surface area contributed by atoms with E-state index in [1.165, 1.54) is 5.56 Å². The van der Waals surface area contributed by atoms with Crippen molar-refractivity contribution in [1.82, 2.24) is 10.5 Å². The first-order valence-electron chi connectivity index (χ1n) is 11.6. The first-order chi connectivity index (χ1) is 17.1. The van der Waals surface area contributed by atoms with Crippen LogP contribution in [0.15, 0.2) is 87.9 Å². The standard InChI is InChI=1S/C28H24N4O2S/c1-2-3-7-18-10-13-21(14-11-18)32-26(30-27(33)23(17-29)28(32)35)20-12-15-24-22(16-20)25(34-31-24)19-8-5-4-6-9-19/h4-6,8-16,26,35H,2-3,7H2,1H3,(H,30,33). The number of amides is 1. The van der Waals surface area contributed by atoms with Gasteiger partial charge in [-0.2, -0.15) is 5.26 Å². The minimum absolute atomic E-state index is 0.0179. The van der Waals surface area contributed by atoms with Crippen molar-refractivity contribution in [2.75, 3.05) is 4.90 Å². The topological polar surface area (TPSA) is 82.2 Å². The molecule has 0 bridgehead atoms. The summed E-state index contributed by atoms with van der Waals surface area (Å²) in [6, 6.07) is 25.7. The number of carbonyl (C=O) groups is 1. The third-order valence-electron chi connectivity index (χ3n) is 6.20. The second kappa shape index (κ2) is 9.69. The van der Waals surface area contributed by atoms with Gasteiger partial charge in [0.2, 0.25) is 0 Å². The van der Waals surface area contributed by atoms with E-state index >= 15 is 0 Å². The third-order valence-corrected chi connectivity index (χ3v) is 6.64. The molecule has 4 aromatic rings. The van der Waals surface area contributed by atoms with E-state index in [1.807, 2.05) is 71.6 Å². The van der Waals surface area contributed by atoms with E-state index in [0.29, 0.717) is 10.8 Å². The monoisotopic (exact) mass is 480 g/mol. The number of carbonyl (C=O) groups excluding carboxylic acids is 1. The maximum Gasteiger partial charge on any atom is 0.266 e. The van der Waals surface area contributed by atoms with Crippen LogP contribution in [0.2, 0.25) is 0 Å². The van der Waals surface area contributed by atoms with Gasteiger partial charge in [-0.15, -0.1) is 12.6 Å². The highest BCUT2D eigenvalue weighted by Gasteiger charge is 2.34. The fraction of sp³-hybridized carbons (Fsp3) is 0.179. The smallest absolute Gasteiger partial charge is 0.266 e. The molecule has 0 radical (unpaired) electrons. The maximum atomic E-state index is 12.8. The number of aryl methyl sites for hydroxylation is 1. The van der Waals surface area contributed by atoms with Crippen molar-refractivity contribution in [1.29, 1.82) is 5.26 Å². The lowest BCUT2D eigenvalue weighted by Crippen LogP contribution is -2.46. The lowest BCUT2D eigenvalue weighted by Gasteiger charge is -2.38. The Morgan fingerprint density at radius 1 is 1.11 bits per heavy atom. The van der Waals surface area contributed by atoms with Gasteiger partial charge in [0.05, 0.1) is 10.4 Å². The molecule has 5 rings (SSSR count). The Morgan fingerprint density at radius 2 is 1.89 bits per heavy atom. The maximum absolute atomic E-state index is 12.8. The number of aromatic nitrogens is 1. The molecule has 1 atom stereocenters. The van der Waals surface area contributed by atoms with Crippen LogP contribution < -0.4 is 10.2 Å². The average Bonchev–Trinajstić information content (AvgIpc) is 3.32. The van der Waals surface area contributed by atoms with Crippen LogP contribution in [-0.2, 0) is 11.2 Å². The van der Waals surface area contributed by atoms with E-state index in [0.717, 1.165) is 47.0 Å². The Balaban J connectivity index is 1.59. The number of anilines is 1. The van der Waals surface area contributed by atoms with E-state index in [4.69, 9.17) is 4.52 Å². The highest BCUT2D eigenvalue weighted by molar-refractivity contribution is 7.84. The summed E-state index contributed by atoms with van der Waals surface area (Å²) in [5, 5.41) is 18.0. The fourth-order valence-electron chi connectivity index (χ4n) is 4.34. The number of unbranched alkanes of at least 4 members (excludes halogenated alkanes) is 1. The number of fused-ring (bicyclic) bond motifs is 1. The van der Waals surface area contributed by atoms with Gasteiger partial charge in [-0.1, -0.05) is 67.0 Å². The molecule has 174 valence electrons. The zero-order valence-electron chi connectivity index (χ0n) is 19.2. The first-order valence-corrected chi connectivity index (χ1v) is 12.0. The minimum Gasteiger partial charge on any atom is -0.355 e. The average molecular weight is 481 g/mol. The predicted molar refractivity (Wildman–Crippen MR) is 139 cm³/mol. The van der Waals surface area contributed by atoms with Gasteiger partial charge in [-0.3, -0.25) is 4.79 Å². The van der Waals surface area contributed by atoms with Gasteiger partial charge >= 0.3 is 0 Å². The number of nitriles is 1. The van der Waals surface area contributed by atoms with Crippen molar-refractivity contribution in [3.63, 3.8) is 0 Å². The van der Waals surface area contributed by atoms with Crippen LogP contribution in [0.4, 0.5) is 5.69 Å². The van der Waals surface area contributed by atoms with E-state index in [-0.39, 0.29) is 5.57 Å². The fourth-order valence-corrected chi connectivity index (χ4v) is 4.72. The van der Waals surface area contributed by atoms with Crippen molar-refractivity contribution in [3.8, 4) is 17.4 Å². The van der Waals surface area contributed by atoms with Crippen LogP contribution in [-0.4, -0.2) is 11.1 Å². The summed E-state index contributed by atoms with van der Waals surface area (Å²) in [7, 11) is 0. The van der Waals surface area contributed by atoms with E-state index in [2.05, 4.69) is 42.2 Å². The van der Waals surface area contributed by atoms with Gasteiger partial charge in [0, 0.05) is 11.3 Å². The van der Waals surface area contributed by atoms with Crippen LogP contribution in [0, 0.1) is 11.3 Å². The summed E-state index contributed by atoms with van der Waals surface area (Å²) >= 11 is 4.62. The van der Waals surface area contributed by atoms with Crippen molar-refractivity contribution in [2.24, 2.45) is 0 Å². The highest BCUT2D eigenvalue weighted by atomic mass is 32.1. The Morgan fingerprint density at radius 3 is 2.60 bits per heavy atom. The number of nitrogens with zero attached hydrogens (tertiary/aromatic N) is 3. The molecular weight excluding hydrogens is 456 g/mol. The second-order valence-corrected chi connectivity index (χ2v) is 8.90. The summed E-state index contributed by atoms with van der Waals surface area (Å²) in [6.45, 7) is 2.17. The molecule has 1 aromatic heterocycles. The molecule has 1 aliphatic rings. The van der Waals surface area contributed by atoms with E-state index in [1.54, 1.807) is 0 Å². The molecule has 3 aromatic carbocycles. The van der Waals surface area contributed by atoms with Crippen LogP contribution in [0.25, 0.3) is 22.2 Å². The number of thiol groups is 1. The van der Waals surface area contributed by atoms with E-state index in [9.17, 15) is 10.1 Å². The molecule has 1 aliphatic heterocycles. The van der Waals surface area contributed by atoms with Gasteiger partial charge in [0.25, 0.3) is 5.91 Å². The zero-order valence-corrected chi connectivity index (χ0v) is 20.1. The van der Waals surface area contributed by atoms with Crippen LogP contribution >= 0.6 is 12.6 Å². The molecule has 0 aliphatic carbocycles. The van der Waals surface area contributed by atoms with E-state index < -0.39 is 12.1 Å². The van der Waals surface area contributed by atoms with Crippen LogP contribution in [0.3, 0.4) is 0 Å². The second-order valence-electron chi connectivity index (χ2n) is 8.48. The molecule has 1 amide bonds. The molecule has 1 N–H and O–H groups in total. The number of hydrogen-bond acceptors (Lipinski definition) is 6. The highest BCUT2D eigenvalue weighted by Crippen LogP contribution is 2.38. The number of hydrogen-bond donors (Lipinski definition) is 2. The van der Waals surface area contributed by atoms with Crippen LogP contribution in [0.5, 0.6) is 0 Å². The Bertz CT molecular complexity index is 1450. The predicted octanol–water partition coefficient (Wildman–Crippen LogP) is 6.14. The zero-order chi connectivity index (χ0) is 24.4. The molecule has 2 heterocycles. The van der Waals surface area contributed by atoms with Gasteiger partial charge < -0.3 is 14.7 Å². The van der Waals surface area contributed by atoms with Crippen molar-refractivity contribution >= 4 is 35.1 Å². The molecule has 0 spiro atoms. The normalized spacial score (nSPS) is 15.9. The summed E-state index contributed by atoms with van der Waals surface area (Å²) in [4.78, 5) is 14.7. The molecule has 0 saturated carbocycles. The summed E-state index contributed by atoms with van der Waals surface area (Å²) in [5.41, 5.74) is 4.53. The lowest BCUT2D eigenvalue weighted by molar-refractivity contribution is -0.118. The van der Waals surface area contributed by atoms with Gasteiger partial charge in [0.1, 0.15) is 23.3 Å².